The van der Waals surface area contributed by atoms with Crippen molar-refractivity contribution in [3.8, 4) is 0 Å². The Morgan fingerprint density at radius 3 is 2.34 bits per heavy atom. The Labute approximate surface area is 190 Å². The highest BCUT2D eigenvalue weighted by Crippen LogP contribution is 2.20. The number of urea groups is 1. The molecule has 32 heavy (non-hydrogen) atoms. The van der Waals surface area contributed by atoms with Gasteiger partial charge < -0.3 is 29.5 Å². The third kappa shape index (κ3) is 9.56. The minimum Gasteiger partial charge on any atom is -0.456 e. The van der Waals surface area contributed by atoms with Gasteiger partial charge in [0.25, 0.3) is 0 Å². The van der Waals surface area contributed by atoms with E-state index in [1.165, 1.54) is 38.5 Å². The summed E-state index contributed by atoms with van der Waals surface area (Å²) in [6, 6.07) is -0.311. The summed E-state index contributed by atoms with van der Waals surface area (Å²) in [6.07, 6.45) is 9.19. The largest absolute Gasteiger partial charge is 0.456 e. The molecule has 0 saturated carbocycles. The summed E-state index contributed by atoms with van der Waals surface area (Å²) in [5, 5.41) is 12.7. The molecule has 1 saturated heterocycles. The molecule has 0 spiro atoms. The van der Waals surface area contributed by atoms with Gasteiger partial charge in [-0.05, 0) is 6.42 Å². The van der Waals surface area contributed by atoms with Crippen LogP contribution in [0, 0.1) is 0 Å². The quantitative estimate of drug-likeness (QED) is 0.306. The van der Waals surface area contributed by atoms with Crippen molar-refractivity contribution in [1.29, 1.82) is 0 Å². The number of ether oxygens (including phenoxy) is 3. The summed E-state index contributed by atoms with van der Waals surface area (Å²) in [5.41, 5.74) is 0.137. The van der Waals surface area contributed by atoms with Crippen LogP contribution in [0.4, 0.5) is 4.79 Å². The van der Waals surface area contributed by atoms with Gasteiger partial charge in [0.1, 0.15) is 6.10 Å². The molecule has 2 amide bonds. The first-order valence-corrected chi connectivity index (χ1v) is 11.9. The molecule has 0 aromatic heterocycles. The molecule has 2 rings (SSSR count). The van der Waals surface area contributed by atoms with Gasteiger partial charge in [-0.1, -0.05) is 58.3 Å². The van der Waals surface area contributed by atoms with Gasteiger partial charge in [-0.2, -0.15) is 0 Å². The Kier molecular flexibility index (Phi) is 12.1. The Morgan fingerprint density at radius 1 is 1.12 bits per heavy atom. The molecule has 9 heteroatoms. The molecule has 2 aliphatic rings. The number of carbonyl (C=O) groups excluding carboxylic acids is 3. The lowest BCUT2D eigenvalue weighted by Gasteiger charge is -2.28. The molecule has 2 atom stereocenters. The number of amides is 2. The minimum absolute atomic E-state index is 0.0563. The van der Waals surface area contributed by atoms with Crippen molar-refractivity contribution in [2.75, 3.05) is 32.8 Å². The van der Waals surface area contributed by atoms with Crippen molar-refractivity contribution >= 4 is 18.0 Å². The second kappa shape index (κ2) is 14.8. The standard InChI is InChI=1S/C23H38N2O7/c1-2-3-4-5-6-7-8-9-10-11-20(26)31-19(18-16-21(27)32-22(18)28)17-24-23(29)25-12-14-30-15-13-25/h16,19,22,28H,2-15,17H2,1H3,(H,24,29). The highest BCUT2D eigenvalue weighted by Gasteiger charge is 2.33. The average molecular weight is 455 g/mol. The van der Waals surface area contributed by atoms with E-state index in [9.17, 15) is 19.5 Å². The first kappa shape index (κ1) is 26.1. The number of unbranched alkanes of at least 4 members (excludes halogenated alkanes) is 8. The summed E-state index contributed by atoms with van der Waals surface area (Å²) in [5.74, 6) is -1.13. The number of aliphatic hydroxyl groups is 1. The van der Waals surface area contributed by atoms with Crippen LogP contribution in [0.3, 0.4) is 0 Å². The zero-order chi connectivity index (χ0) is 23.2. The van der Waals surface area contributed by atoms with Crippen molar-refractivity contribution in [2.45, 2.75) is 83.5 Å². The summed E-state index contributed by atoms with van der Waals surface area (Å²) in [6.45, 7) is 4.03. The van der Waals surface area contributed by atoms with E-state index in [0.717, 1.165) is 25.3 Å². The zero-order valence-electron chi connectivity index (χ0n) is 19.2. The van der Waals surface area contributed by atoms with Gasteiger partial charge in [0.15, 0.2) is 0 Å². The summed E-state index contributed by atoms with van der Waals surface area (Å²) in [7, 11) is 0. The van der Waals surface area contributed by atoms with E-state index in [1.807, 2.05) is 0 Å². The minimum atomic E-state index is -1.48. The first-order valence-electron chi connectivity index (χ1n) is 11.9. The SMILES string of the molecule is CCCCCCCCCCCC(=O)OC(CNC(=O)N1CCOCC1)C1=CC(=O)OC1O. The van der Waals surface area contributed by atoms with Crippen LogP contribution in [0.25, 0.3) is 0 Å². The third-order valence-electron chi connectivity index (χ3n) is 5.66. The Bertz CT molecular complexity index is 632. The van der Waals surface area contributed by atoms with Crippen molar-refractivity contribution in [1.82, 2.24) is 10.2 Å². The first-order chi connectivity index (χ1) is 15.5. The van der Waals surface area contributed by atoms with Gasteiger partial charge in [0, 0.05) is 31.2 Å². The van der Waals surface area contributed by atoms with Crippen LogP contribution in [0.5, 0.6) is 0 Å². The molecule has 1 fully saturated rings. The number of morpholine rings is 1. The number of carbonyl (C=O) groups is 3. The Morgan fingerprint density at radius 2 is 1.75 bits per heavy atom. The zero-order valence-corrected chi connectivity index (χ0v) is 19.2. The topological polar surface area (TPSA) is 114 Å². The maximum Gasteiger partial charge on any atom is 0.333 e. The molecule has 2 unspecified atom stereocenters. The fourth-order valence-corrected chi connectivity index (χ4v) is 3.75. The fourth-order valence-electron chi connectivity index (χ4n) is 3.75. The van der Waals surface area contributed by atoms with Crippen LogP contribution in [0.1, 0.15) is 71.1 Å². The number of nitrogens with zero attached hydrogens (tertiary/aromatic N) is 1. The number of hydrogen-bond acceptors (Lipinski definition) is 7. The second-order valence-corrected chi connectivity index (χ2v) is 8.28. The fraction of sp³-hybridized carbons (Fsp3) is 0.783. The van der Waals surface area contributed by atoms with E-state index < -0.39 is 24.3 Å². The molecule has 0 aromatic rings. The third-order valence-corrected chi connectivity index (χ3v) is 5.66. The normalized spacial score (nSPS) is 19.3. The molecule has 182 valence electrons. The lowest BCUT2D eigenvalue weighted by Crippen LogP contribution is -2.48. The maximum absolute atomic E-state index is 12.4. The summed E-state index contributed by atoms with van der Waals surface area (Å²) in [4.78, 5) is 37.8. The Hall–Kier alpha value is -2.13. The average Bonchev–Trinajstić information content (AvgIpc) is 3.13. The molecular formula is C23H38N2O7. The number of rotatable bonds is 14. The molecule has 0 aliphatic carbocycles. The van der Waals surface area contributed by atoms with Gasteiger partial charge in [-0.15, -0.1) is 0 Å². The van der Waals surface area contributed by atoms with Crippen molar-refractivity contribution in [3.05, 3.63) is 11.6 Å². The number of hydrogen-bond donors (Lipinski definition) is 2. The molecular weight excluding hydrogens is 416 g/mol. The van der Waals surface area contributed by atoms with E-state index in [0.29, 0.717) is 26.3 Å². The lowest BCUT2D eigenvalue weighted by molar-refractivity contribution is -0.154. The van der Waals surface area contributed by atoms with E-state index >= 15 is 0 Å². The van der Waals surface area contributed by atoms with Crippen LogP contribution < -0.4 is 5.32 Å². The molecule has 2 aliphatic heterocycles. The predicted octanol–water partition coefficient (Wildman–Crippen LogP) is 2.66. The molecule has 0 radical (unpaired) electrons. The number of cyclic esters (lactones) is 1. The van der Waals surface area contributed by atoms with Crippen molar-refractivity contribution < 1.29 is 33.7 Å². The van der Waals surface area contributed by atoms with Gasteiger partial charge in [-0.3, -0.25) is 4.79 Å². The number of esters is 2. The van der Waals surface area contributed by atoms with Crippen LogP contribution in [0.2, 0.25) is 0 Å². The maximum atomic E-state index is 12.4. The van der Waals surface area contributed by atoms with Crippen molar-refractivity contribution in [3.63, 3.8) is 0 Å². The van der Waals surface area contributed by atoms with E-state index in [4.69, 9.17) is 14.2 Å². The lowest BCUT2D eigenvalue weighted by atomic mass is 10.1. The highest BCUT2D eigenvalue weighted by atomic mass is 16.6. The summed E-state index contributed by atoms with van der Waals surface area (Å²) < 4.78 is 15.5. The van der Waals surface area contributed by atoms with Crippen LogP contribution in [0.15, 0.2) is 11.6 Å². The monoisotopic (exact) mass is 454 g/mol. The van der Waals surface area contributed by atoms with Gasteiger partial charge in [0.2, 0.25) is 6.29 Å². The molecule has 0 aromatic carbocycles. The van der Waals surface area contributed by atoms with Crippen LogP contribution >= 0.6 is 0 Å². The van der Waals surface area contributed by atoms with Gasteiger partial charge >= 0.3 is 18.0 Å². The van der Waals surface area contributed by atoms with E-state index in [1.54, 1.807) is 4.90 Å². The highest BCUT2D eigenvalue weighted by molar-refractivity contribution is 5.86. The number of aliphatic hydroxyl groups excluding tert-OH is 1. The predicted molar refractivity (Wildman–Crippen MR) is 118 cm³/mol. The van der Waals surface area contributed by atoms with Gasteiger partial charge in [0.05, 0.1) is 19.8 Å². The van der Waals surface area contributed by atoms with Crippen LogP contribution in [-0.2, 0) is 23.8 Å². The smallest absolute Gasteiger partial charge is 0.333 e. The van der Waals surface area contributed by atoms with E-state index in [-0.39, 0.29) is 24.6 Å². The molecule has 0 bridgehead atoms. The second-order valence-electron chi connectivity index (χ2n) is 8.28. The number of nitrogens with one attached hydrogen (secondary N) is 1. The molecule has 2 heterocycles. The van der Waals surface area contributed by atoms with Gasteiger partial charge in [-0.25, -0.2) is 9.59 Å². The van der Waals surface area contributed by atoms with E-state index in [2.05, 4.69) is 12.2 Å². The Balaban J connectivity index is 1.74. The molecule has 2 N–H and O–H groups in total. The molecule has 9 nitrogen and oxygen atoms in total. The summed E-state index contributed by atoms with van der Waals surface area (Å²) >= 11 is 0. The van der Waals surface area contributed by atoms with Crippen molar-refractivity contribution in [2.24, 2.45) is 0 Å². The van der Waals surface area contributed by atoms with Crippen LogP contribution in [-0.4, -0.2) is 73.2 Å².